The van der Waals surface area contributed by atoms with Crippen LogP contribution in [-0.4, -0.2) is 40.8 Å². The lowest BCUT2D eigenvalue weighted by Gasteiger charge is -2.24. The Kier molecular flexibility index (Phi) is 5.93. The number of aromatic nitrogens is 1. The largest absolute Gasteiger partial charge is 0.409 e. The van der Waals surface area contributed by atoms with Crippen molar-refractivity contribution >= 4 is 11.7 Å². The number of aliphatic hydroxyl groups is 1. The number of hydrogen-bond acceptors (Lipinski definition) is 5. The van der Waals surface area contributed by atoms with Crippen molar-refractivity contribution in [1.82, 2.24) is 4.98 Å². The first-order valence-corrected chi connectivity index (χ1v) is 6.03. The number of amidine groups is 1. The number of hydrogen-bond donors (Lipinski definition) is 3. The molecule has 1 aromatic heterocycles. The number of pyridine rings is 1. The highest BCUT2D eigenvalue weighted by molar-refractivity contribution is 6.01. The van der Waals surface area contributed by atoms with Gasteiger partial charge in [-0.1, -0.05) is 18.5 Å². The summed E-state index contributed by atoms with van der Waals surface area (Å²) in [6, 6.07) is 3.47. The molecule has 0 saturated heterocycles. The Hall–Kier alpha value is -1.82. The summed E-state index contributed by atoms with van der Waals surface area (Å²) in [5.41, 5.74) is 6.20. The maximum absolute atomic E-state index is 9.10. The number of unbranched alkanes of at least 4 members (excludes halogenated alkanes) is 1. The molecule has 0 atom stereocenters. The van der Waals surface area contributed by atoms with Crippen LogP contribution in [0.5, 0.6) is 0 Å². The van der Waals surface area contributed by atoms with Gasteiger partial charge in [-0.15, -0.1) is 0 Å². The SMILES string of the molecule is CCCCN(CCO)c1ncccc1C(N)=NO. The van der Waals surface area contributed by atoms with Crippen molar-refractivity contribution < 1.29 is 10.3 Å². The molecule has 1 heterocycles. The number of nitrogens with two attached hydrogens (primary N) is 1. The minimum Gasteiger partial charge on any atom is -0.409 e. The second kappa shape index (κ2) is 7.50. The van der Waals surface area contributed by atoms with Crippen LogP contribution >= 0.6 is 0 Å². The van der Waals surface area contributed by atoms with E-state index in [-0.39, 0.29) is 12.4 Å². The first-order chi connectivity index (χ1) is 8.74. The Balaban J connectivity index is 3.02. The van der Waals surface area contributed by atoms with Crippen molar-refractivity contribution in [2.24, 2.45) is 10.9 Å². The zero-order chi connectivity index (χ0) is 13.4. The predicted octanol–water partition coefficient (Wildman–Crippen LogP) is 0.775. The van der Waals surface area contributed by atoms with Gasteiger partial charge in [0.2, 0.25) is 0 Å². The Morgan fingerprint density at radius 1 is 1.50 bits per heavy atom. The van der Waals surface area contributed by atoms with Crippen LogP contribution < -0.4 is 10.6 Å². The summed E-state index contributed by atoms with van der Waals surface area (Å²) in [7, 11) is 0. The molecule has 18 heavy (non-hydrogen) atoms. The molecule has 0 amide bonds. The van der Waals surface area contributed by atoms with Crippen LogP contribution in [0.4, 0.5) is 5.82 Å². The van der Waals surface area contributed by atoms with Gasteiger partial charge in [-0.25, -0.2) is 4.98 Å². The highest BCUT2D eigenvalue weighted by atomic mass is 16.4. The molecule has 0 bridgehead atoms. The molecule has 0 fully saturated rings. The van der Waals surface area contributed by atoms with Gasteiger partial charge in [-0.05, 0) is 18.6 Å². The summed E-state index contributed by atoms with van der Waals surface area (Å²) < 4.78 is 0. The van der Waals surface area contributed by atoms with Crippen LogP contribution in [-0.2, 0) is 0 Å². The zero-order valence-corrected chi connectivity index (χ0v) is 10.6. The summed E-state index contributed by atoms with van der Waals surface area (Å²) in [6.45, 7) is 3.39. The molecule has 6 heteroatoms. The molecular formula is C12H20N4O2. The molecule has 4 N–H and O–H groups in total. The monoisotopic (exact) mass is 252 g/mol. The Bertz CT molecular complexity index is 395. The molecule has 0 aliphatic rings. The van der Waals surface area contributed by atoms with Crippen molar-refractivity contribution in [3.05, 3.63) is 23.9 Å². The first kappa shape index (κ1) is 14.2. The van der Waals surface area contributed by atoms with Crippen molar-refractivity contribution in [2.75, 3.05) is 24.6 Å². The van der Waals surface area contributed by atoms with Crippen molar-refractivity contribution in [3.8, 4) is 0 Å². The third-order valence-corrected chi connectivity index (χ3v) is 2.62. The van der Waals surface area contributed by atoms with Crippen molar-refractivity contribution in [1.29, 1.82) is 0 Å². The van der Waals surface area contributed by atoms with Gasteiger partial charge in [-0.3, -0.25) is 0 Å². The molecule has 0 aliphatic carbocycles. The number of oxime groups is 1. The standard InChI is InChI=1S/C12H20N4O2/c1-2-3-7-16(8-9-17)12-10(11(13)15-18)5-4-6-14-12/h4-6,17-18H,2-3,7-9H2,1H3,(H2,13,15). The molecule has 0 spiro atoms. The van der Waals surface area contributed by atoms with E-state index >= 15 is 0 Å². The number of anilines is 1. The van der Waals surface area contributed by atoms with Crippen molar-refractivity contribution in [2.45, 2.75) is 19.8 Å². The van der Waals surface area contributed by atoms with Gasteiger partial charge in [0.15, 0.2) is 5.84 Å². The molecule has 0 aromatic carbocycles. The normalized spacial score (nSPS) is 11.6. The summed E-state index contributed by atoms with van der Waals surface area (Å²) in [5, 5.41) is 20.9. The Labute approximate surface area is 107 Å². The highest BCUT2D eigenvalue weighted by Crippen LogP contribution is 2.17. The average molecular weight is 252 g/mol. The number of aliphatic hydroxyl groups excluding tert-OH is 1. The van der Waals surface area contributed by atoms with Crippen LogP contribution in [0, 0.1) is 0 Å². The lowest BCUT2D eigenvalue weighted by Crippen LogP contribution is -2.31. The maximum Gasteiger partial charge on any atom is 0.173 e. The van der Waals surface area contributed by atoms with E-state index in [1.165, 1.54) is 0 Å². The fraction of sp³-hybridized carbons (Fsp3) is 0.500. The van der Waals surface area contributed by atoms with Crippen LogP contribution in [0.25, 0.3) is 0 Å². The van der Waals surface area contributed by atoms with E-state index in [2.05, 4.69) is 17.1 Å². The lowest BCUT2D eigenvalue weighted by molar-refractivity contribution is 0.301. The van der Waals surface area contributed by atoms with Gasteiger partial charge in [0.1, 0.15) is 5.82 Å². The predicted molar refractivity (Wildman–Crippen MR) is 71.0 cm³/mol. The van der Waals surface area contributed by atoms with E-state index in [0.717, 1.165) is 19.4 Å². The van der Waals surface area contributed by atoms with Gasteiger partial charge >= 0.3 is 0 Å². The molecule has 1 rings (SSSR count). The zero-order valence-electron chi connectivity index (χ0n) is 10.6. The quantitative estimate of drug-likeness (QED) is 0.288. The van der Waals surface area contributed by atoms with Crippen LogP contribution in [0.15, 0.2) is 23.5 Å². The second-order valence-corrected chi connectivity index (χ2v) is 3.92. The Morgan fingerprint density at radius 3 is 2.89 bits per heavy atom. The van der Waals surface area contributed by atoms with Gasteiger partial charge in [-0.2, -0.15) is 0 Å². The summed E-state index contributed by atoms with van der Waals surface area (Å²) in [4.78, 5) is 6.20. The molecule has 100 valence electrons. The van der Waals surface area contributed by atoms with Gasteiger partial charge in [0, 0.05) is 19.3 Å². The molecule has 6 nitrogen and oxygen atoms in total. The van der Waals surface area contributed by atoms with E-state index in [1.54, 1.807) is 18.3 Å². The summed E-state index contributed by atoms with van der Waals surface area (Å²) in [5.74, 6) is 0.660. The molecular weight excluding hydrogens is 232 g/mol. The van der Waals surface area contributed by atoms with E-state index < -0.39 is 0 Å². The van der Waals surface area contributed by atoms with E-state index in [1.807, 2.05) is 4.90 Å². The number of rotatable bonds is 7. The minimum atomic E-state index is 0.0255. The van der Waals surface area contributed by atoms with Gasteiger partial charge in [0.25, 0.3) is 0 Å². The van der Waals surface area contributed by atoms with Crippen LogP contribution in [0.3, 0.4) is 0 Å². The molecule has 0 aliphatic heterocycles. The first-order valence-electron chi connectivity index (χ1n) is 6.03. The van der Waals surface area contributed by atoms with Gasteiger partial charge in [0.05, 0.1) is 12.2 Å². The average Bonchev–Trinajstić information content (AvgIpc) is 2.42. The maximum atomic E-state index is 9.10. The topological polar surface area (TPSA) is 95.0 Å². The lowest BCUT2D eigenvalue weighted by atomic mass is 10.2. The van der Waals surface area contributed by atoms with E-state index in [0.29, 0.717) is 17.9 Å². The Morgan fingerprint density at radius 2 is 2.28 bits per heavy atom. The summed E-state index contributed by atoms with van der Waals surface area (Å²) >= 11 is 0. The molecule has 0 saturated carbocycles. The van der Waals surface area contributed by atoms with Crippen molar-refractivity contribution in [3.63, 3.8) is 0 Å². The van der Waals surface area contributed by atoms with E-state index in [9.17, 15) is 0 Å². The highest BCUT2D eigenvalue weighted by Gasteiger charge is 2.14. The fourth-order valence-electron chi connectivity index (χ4n) is 1.70. The molecule has 0 radical (unpaired) electrons. The van der Waals surface area contributed by atoms with Crippen LogP contribution in [0.1, 0.15) is 25.3 Å². The third-order valence-electron chi connectivity index (χ3n) is 2.62. The smallest absolute Gasteiger partial charge is 0.173 e. The van der Waals surface area contributed by atoms with Crippen LogP contribution in [0.2, 0.25) is 0 Å². The van der Waals surface area contributed by atoms with Gasteiger partial charge < -0.3 is 20.9 Å². The third kappa shape index (κ3) is 3.59. The molecule has 1 aromatic rings. The summed E-state index contributed by atoms with van der Waals surface area (Å²) in [6.07, 6.45) is 3.69. The van der Waals surface area contributed by atoms with E-state index in [4.69, 9.17) is 16.0 Å². The second-order valence-electron chi connectivity index (χ2n) is 3.92. The number of nitrogens with zero attached hydrogens (tertiary/aromatic N) is 3. The fourth-order valence-corrected chi connectivity index (χ4v) is 1.70. The molecule has 0 unspecified atom stereocenters. The minimum absolute atomic E-state index is 0.0255.